The van der Waals surface area contributed by atoms with Gasteiger partial charge in [-0.2, -0.15) is 30.7 Å². The van der Waals surface area contributed by atoms with Crippen molar-refractivity contribution in [2.24, 2.45) is 0 Å². The second kappa shape index (κ2) is 5.64. The Morgan fingerprint density at radius 1 is 0.875 bits per heavy atom. The number of benzene rings is 2. The molecule has 0 radical (unpaired) electrons. The topological polar surface area (TPSA) is 26.3 Å². The van der Waals surface area contributed by atoms with Gasteiger partial charge < -0.3 is 4.74 Å². The Bertz CT molecular complexity index is 781. The van der Waals surface area contributed by atoms with E-state index in [1.807, 2.05) is 0 Å². The molecule has 0 aliphatic rings. The van der Waals surface area contributed by atoms with Crippen molar-refractivity contribution < 1.29 is 40.3 Å². The lowest BCUT2D eigenvalue weighted by Crippen LogP contribution is -2.56. The van der Waals surface area contributed by atoms with Gasteiger partial charge in [-0.15, -0.1) is 0 Å². The normalized spacial score (nSPS) is 13.2. The van der Waals surface area contributed by atoms with Gasteiger partial charge in [-0.05, 0) is 29.0 Å². The standard InChI is InChI=1S/C15H9F7O2/c1-24-11-5-4-8-6-10(3-2-9(8)7-11)12(23)13(16,17)14(18,19)15(20,21)22/h2-7H,1H3. The van der Waals surface area contributed by atoms with Crippen molar-refractivity contribution in [3.05, 3.63) is 42.0 Å². The molecule has 2 aromatic rings. The van der Waals surface area contributed by atoms with Crippen LogP contribution in [0.5, 0.6) is 5.75 Å². The molecule has 2 rings (SSSR count). The van der Waals surface area contributed by atoms with E-state index in [2.05, 4.69) is 0 Å². The van der Waals surface area contributed by atoms with Gasteiger partial charge >= 0.3 is 18.0 Å². The molecule has 0 heterocycles. The Morgan fingerprint density at radius 3 is 1.96 bits per heavy atom. The Hall–Kier alpha value is -2.32. The lowest BCUT2D eigenvalue weighted by atomic mass is 9.97. The van der Waals surface area contributed by atoms with Gasteiger partial charge in [-0.25, -0.2) is 0 Å². The lowest BCUT2D eigenvalue weighted by Gasteiger charge is -2.27. The van der Waals surface area contributed by atoms with Crippen LogP contribution >= 0.6 is 0 Å². The summed E-state index contributed by atoms with van der Waals surface area (Å²) in [5, 5.41) is 0.629. The van der Waals surface area contributed by atoms with Gasteiger partial charge in [-0.1, -0.05) is 18.2 Å². The molecule has 0 aromatic heterocycles. The van der Waals surface area contributed by atoms with Crippen LogP contribution in [0.3, 0.4) is 0 Å². The van der Waals surface area contributed by atoms with Crippen molar-refractivity contribution >= 4 is 16.6 Å². The van der Waals surface area contributed by atoms with E-state index in [0.717, 1.165) is 18.2 Å². The highest BCUT2D eigenvalue weighted by Crippen LogP contribution is 2.47. The molecule has 0 aliphatic carbocycles. The van der Waals surface area contributed by atoms with E-state index in [9.17, 15) is 35.5 Å². The highest BCUT2D eigenvalue weighted by molar-refractivity contribution is 6.04. The van der Waals surface area contributed by atoms with E-state index >= 15 is 0 Å². The second-order valence-corrected chi connectivity index (χ2v) is 4.90. The zero-order chi connectivity index (χ0) is 18.3. The molecule has 9 heteroatoms. The average molecular weight is 354 g/mol. The highest BCUT2D eigenvalue weighted by Gasteiger charge is 2.76. The van der Waals surface area contributed by atoms with Crippen LogP contribution in [0.2, 0.25) is 0 Å². The third kappa shape index (κ3) is 2.78. The van der Waals surface area contributed by atoms with Crippen LogP contribution in [-0.4, -0.2) is 30.9 Å². The number of ketones is 1. The van der Waals surface area contributed by atoms with E-state index in [1.54, 1.807) is 0 Å². The fourth-order valence-corrected chi connectivity index (χ4v) is 1.99. The smallest absolute Gasteiger partial charge is 0.460 e. The minimum Gasteiger partial charge on any atom is -0.497 e. The first-order valence-electron chi connectivity index (χ1n) is 6.37. The molecule has 0 amide bonds. The molecule has 0 bridgehead atoms. The first kappa shape index (κ1) is 18.0. The van der Waals surface area contributed by atoms with Gasteiger partial charge in [0.25, 0.3) is 0 Å². The predicted octanol–water partition coefficient (Wildman–Crippen LogP) is 4.86. The van der Waals surface area contributed by atoms with Gasteiger partial charge in [0.05, 0.1) is 7.11 Å². The maximum Gasteiger partial charge on any atom is 0.460 e. The Balaban J connectivity index is 2.47. The number of fused-ring (bicyclic) bond motifs is 1. The molecule has 2 nitrogen and oxygen atoms in total. The van der Waals surface area contributed by atoms with Crippen molar-refractivity contribution in [2.45, 2.75) is 18.0 Å². The van der Waals surface area contributed by atoms with Crippen molar-refractivity contribution in [3.63, 3.8) is 0 Å². The van der Waals surface area contributed by atoms with Crippen LogP contribution in [0.25, 0.3) is 10.8 Å². The monoisotopic (exact) mass is 354 g/mol. The molecule has 0 aliphatic heterocycles. The summed E-state index contributed by atoms with van der Waals surface area (Å²) in [7, 11) is 1.37. The number of hydrogen-bond donors (Lipinski definition) is 0. The molecule has 0 fully saturated rings. The number of ether oxygens (including phenoxy) is 1. The minimum absolute atomic E-state index is 0.202. The van der Waals surface area contributed by atoms with E-state index in [-0.39, 0.29) is 5.39 Å². The molecule has 130 valence electrons. The van der Waals surface area contributed by atoms with Crippen LogP contribution in [0.15, 0.2) is 36.4 Å². The molecule has 0 atom stereocenters. The largest absolute Gasteiger partial charge is 0.497 e. The summed E-state index contributed by atoms with van der Waals surface area (Å²) in [6.45, 7) is 0. The van der Waals surface area contributed by atoms with Crippen molar-refractivity contribution in [1.29, 1.82) is 0 Å². The molecule has 0 saturated carbocycles. The fourth-order valence-electron chi connectivity index (χ4n) is 1.99. The summed E-state index contributed by atoms with van der Waals surface area (Å²) in [4.78, 5) is 11.6. The summed E-state index contributed by atoms with van der Waals surface area (Å²) < 4.78 is 94.2. The maximum atomic E-state index is 13.5. The van der Waals surface area contributed by atoms with Crippen molar-refractivity contribution in [2.75, 3.05) is 7.11 Å². The number of rotatable bonds is 4. The van der Waals surface area contributed by atoms with Gasteiger partial charge in [-0.3, -0.25) is 4.79 Å². The molecular formula is C15H9F7O2. The number of carbonyl (C=O) groups is 1. The van der Waals surface area contributed by atoms with Gasteiger partial charge in [0.15, 0.2) is 0 Å². The SMILES string of the molecule is COc1ccc2cc(C(=O)C(F)(F)C(F)(F)C(F)(F)F)ccc2c1. The fraction of sp³-hybridized carbons (Fsp3) is 0.267. The molecule has 0 unspecified atom stereocenters. The van der Waals surface area contributed by atoms with Gasteiger partial charge in [0.1, 0.15) is 5.75 Å². The van der Waals surface area contributed by atoms with Crippen LogP contribution in [0.4, 0.5) is 30.7 Å². The number of hydrogen-bond acceptors (Lipinski definition) is 2. The van der Waals surface area contributed by atoms with Crippen LogP contribution in [0.1, 0.15) is 10.4 Å². The first-order valence-corrected chi connectivity index (χ1v) is 6.37. The zero-order valence-corrected chi connectivity index (χ0v) is 11.9. The number of methoxy groups -OCH3 is 1. The average Bonchev–Trinajstić information content (AvgIpc) is 2.51. The summed E-state index contributed by atoms with van der Waals surface area (Å²) >= 11 is 0. The number of carbonyl (C=O) groups excluding carboxylic acids is 1. The first-order chi connectivity index (χ1) is 10.9. The summed E-state index contributed by atoms with van der Waals surface area (Å²) in [5.74, 6) is -14.6. The lowest BCUT2D eigenvalue weighted by molar-refractivity contribution is -0.339. The molecule has 24 heavy (non-hydrogen) atoms. The summed E-state index contributed by atoms with van der Waals surface area (Å²) in [6.07, 6.45) is -6.56. The molecular weight excluding hydrogens is 345 g/mol. The zero-order valence-electron chi connectivity index (χ0n) is 11.9. The quantitative estimate of drug-likeness (QED) is 0.579. The minimum atomic E-state index is -6.56. The molecule has 0 spiro atoms. The van der Waals surface area contributed by atoms with Gasteiger partial charge in [0, 0.05) is 5.56 Å². The van der Waals surface area contributed by atoms with E-state index < -0.39 is 29.4 Å². The van der Waals surface area contributed by atoms with Crippen molar-refractivity contribution in [3.8, 4) is 5.75 Å². The molecule has 0 N–H and O–H groups in total. The van der Waals surface area contributed by atoms with Crippen molar-refractivity contribution in [1.82, 2.24) is 0 Å². The molecule has 2 aromatic carbocycles. The highest BCUT2D eigenvalue weighted by atomic mass is 19.4. The maximum absolute atomic E-state index is 13.5. The number of Topliss-reactive ketones (excluding diaryl/α,β-unsaturated/α-hetero) is 1. The van der Waals surface area contributed by atoms with Crippen LogP contribution in [-0.2, 0) is 0 Å². The third-order valence-electron chi connectivity index (χ3n) is 3.35. The van der Waals surface area contributed by atoms with Crippen LogP contribution < -0.4 is 4.74 Å². The third-order valence-corrected chi connectivity index (χ3v) is 3.35. The Morgan fingerprint density at radius 2 is 1.42 bits per heavy atom. The van der Waals surface area contributed by atoms with E-state index in [0.29, 0.717) is 11.1 Å². The Labute approximate surface area is 130 Å². The number of alkyl halides is 7. The number of halogens is 7. The van der Waals surface area contributed by atoms with E-state index in [1.165, 1.54) is 25.3 Å². The van der Waals surface area contributed by atoms with Gasteiger partial charge in [0.2, 0.25) is 5.78 Å². The predicted molar refractivity (Wildman–Crippen MR) is 70.8 cm³/mol. The van der Waals surface area contributed by atoms with E-state index in [4.69, 9.17) is 4.74 Å². The van der Waals surface area contributed by atoms with Crippen LogP contribution in [0, 0.1) is 0 Å². The Kier molecular flexibility index (Phi) is 4.24. The summed E-state index contributed by atoms with van der Waals surface area (Å²) in [6, 6.07) is 6.96. The second-order valence-electron chi connectivity index (χ2n) is 4.90. The molecule has 0 saturated heterocycles. The summed E-state index contributed by atoms with van der Waals surface area (Å²) in [5.41, 5.74) is -0.957.